The molecule has 2 aromatic heterocycles. The van der Waals surface area contributed by atoms with Crippen LogP contribution in [0.4, 0.5) is 0 Å². The Hall–Kier alpha value is -3.61. The summed E-state index contributed by atoms with van der Waals surface area (Å²) in [4.78, 5) is 52.0. The predicted molar refractivity (Wildman–Crippen MR) is 105 cm³/mol. The van der Waals surface area contributed by atoms with E-state index >= 15 is 0 Å². The predicted octanol–water partition coefficient (Wildman–Crippen LogP) is -0.227. The van der Waals surface area contributed by atoms with Gasteiger partial charge in [-0.2, -0.15) is 4.98 Å². The van der Waals surface area contributed by atoms with Crippen LogP contribution in [0.5, 0.6) is 11.8 Å². The lowest BCUT2D eigenvalue weighted by Gasteiger charge is -2.40. The van der Waals surface area contributed by atoms with Gasteiger partial charge in [-0.25, -0.2) is 0 Å². The lowest BCUT2D eigenvalue weighted by Crippen LogP contribution is -2.55. The van der Waals surface area contributed by atoms with Crippen molar-refractivity contribution in [3.8, 4) is 11.8 Å². The topological polar surface area (TPSA) is 157 Å². The highest BCUT2D eigenvalue weighted by Gasteiger charge is 2.48. The van der Waals surface area contributed by atoms with Gasteiger partial charge < -0.3 is 28.8 Å². The number of nitrogens with zero attached hydrogens (tertiary/aromatic N) is 3. The van der Waals surface area contributed by atoms with Gasteiger partial charge >= 0.3 is 23.9 Å². The molecular formula is C19H23N3O10. The highest BCUT2D eigenvalue weighted by molar-refractivity contribution is 5.83. The Kier molecular flexibility index (Phi) is 6.39. The number of ether oxygens (including phenoxy) is 5. The molecule has 4 unspecified atom stereocenters. The number of aromatic hydroxyl groups is 1. The molecule has 174 valence electrons. The maximum atomic E-state index is 12.7. The first-order valence-electron chi connectivity index (χ1n) is 9.52. The van der Waals surface area contributed by atoms with Gasteiger partial charge in [0.25, 0.3) is 5.56 Å². The van der Waals surface area contributed by atoms with Gasteiger partial charge in [0.05, 0.1) is 19.9 Å². The fraction of sp³-hybridized carbons (Fsp3) is 0.526. The zero-order chi connectivity index (χ0) is 23.7. The molecule has 0 aliphatic carbocycles. The van der Waals surface area contributed by atoms with E-state index in [1.54, 1.807) is 0 Å². The van der Waals surface area contributed by atoms with Crippen molar-refractivity contribution in [1.29, 1.82) is 0 Å². The lowest BCUT2D eigenvalue weighted by atomic mass is 10.0. The summed E-state index contributed by atoms with van der Waals surface area (Å²) in [5.74, 6) is -2.49. The van der Waals surface area contributed by atoms with Crippen LogP contribution in [0.3, 0.4) is 0 Å². The maximum Gasteiger partial charge on any atom is 0.303 e. The molecule has 1 saturated heterocycles. The summed E-state index contributed by atoms with van der Waals surface area (Å²) in [6.07, 6.45) is -3.62. The summed E-state index contributed by atoms with van der Waals surface area (Å²) in [5.41, 5.74) is -0.602. The Morgan fingerprint density at radius 2 is 1.69 bits per heavy atom. The van der Waals surface area contributed by atoms with Crippen molar-refractivity contribution in [2.75, 3.05) is 13.7 Å². The first-order chi connectivity index (χ1) is 15.0. The Bertz CT molecular complexity index is 1120. The van der Waals surface area contributed by atoms with Gasteiger partial charge in [0, 0.05) is 27.8 Å². The fourth-order valence-electron chi connectivity index (χ4n) is 3.58. The van der Waals surface area contributed by atoms with E-state index in [1.807, 2.05) is 0 Å². The van der Waals surface area contributed by atoms with Gasteiger partial charge in [-0.3, -0.25) is 28.3 Å². The minimum atomic E-state index is -1.30. The average molecular weight is 453 g/mol. The third kappa shape index (κ3) is 4.23. The lowest BCUT2D eigenvalue weighted by molar-refractivity contribution is -0.239. The summed E-state index contributed by atoms with van der Waals surface area (Å²) < 4.78 is 29.1. The molecule has 3 rings (SSSR count). The summed E-state index contributed by atoms with van der Waals surface area (Å²) >= 11 is 0. The van der Waals surface area contributed by atoms with Crippen molar-refractivity contribution in [3.05, 3.63) is 16.6 Å². The molecule has 0 spiro atoms. The van der Waals surface area contributed by atoms with Crippen LogP contribution in [-0.2, 0) is 40.4 Å². The zero-order valence-corrected chi connectivity index (χ0v) is 18.1. The molecule has 0 amide bonds. The number of esters is 3. The molecule has 0 saturated carbocycles. The van der Waals surface area contributed by atoms with E-state index in [0.29, 0.717) is 0 Å². The molecular weight excluding hydrogens is 430 g/mol. The fourth-order valence-corrected chi connectivity index (χ4v) is 3.58. The number of carbonyl (C=O) groups is 3. The van der Waals surface area contributed by atoms with Crippen LogP contribution in [0, 0.1) is 0 Å². The molecule has 4 atom stereocenters. The number of hydrogen-bond acceptors (Lipinski definition) is 11. The average Bonchev–Trinajstić information content (AvgIpc) is 3.02. The second kappa shape index (κ2) is 8.86. The van der Waals surface area contributed by atoms with Gasteiger partial charge in [0.15, 0.2) is 30.2 Å². The van der Waals surface area contributed by atoms with Crippen LogP contribution in [0.1, 0.15) is 27.0 Å². The van der Waals surface area contributed by atoms with Gasteiger partial charge in [-0.1, -0.05) is 0 Å². The molecule has 1 aliphatic heterocycles. The molecule has 32 heavy (non-hydrogen) atoms. The summed E-state index contributed by atoms with van der Waals surface area (Å²) in [6.45, 7) is 3.22. The Balaban J connectivity index is 2.17. The normalized spacial score (nSPS) is 22.9. The molecule has 0 radical (unpaired) electrons. The number of methoxy groups -OCH3 is 1. The smallest absolute Gasteiger partial charge is 0.303 e. The SMILES string of the molecule is COc1nc2c(c(O)cn2C2OCC(OC(C)=O)C(OC(C)=O)C2OC(C)=O)c(=O)n1C. The maximum absolute atomic E-state index is 12.7. The molecule has 13 heteroatoms. The van der Waals surface area contributed by atoms with Gasteiger partial charge in [0.2, 0.25) is 0 Å². The number of hydrogen-bond donors (Lipinski definition) is 1. The molecule has 0 bridgehead atoms. The Morgan fingerprint density at radius 1 is 1.09 bits per heavy atom. The third-order valence-corrected chi connectivity index (χ3v) is 4.77. The van der Waals surface area contributed by atoms with Crippen molar-refractivity contribution in [2.45, 2.75) is 45.3 Å². The monoisotopic (exact) mass is 453 g/mol. The molecule has 13 nitrogen and oxygen atoms in total. The highest BCUT2D eigenvalue weighted by atomic mass is 16.6. The van der Waals surface area contributed by atoms with Crippen molar-refractivity contribution in [1.82, 2.24) is 14.1 Å². The van der Waals surface area contributed by atoms with E-state index in [9.17, 15) is 24.3 Å². The quantitative estimate of drug-likeness (QED) is 0.471. The third-order valence-electron chi connectivity index (χ3n) is 4.77. The van der Waals surface area contributed by atoms with Crippen LogP contribution in [0.25, 0.3) is 11.0 Å². The van der Waals surface area contributed by atoms with Crippen molar-refractivity contribution >= 4 is 28.9 Å². The molecule has 1 fully saturated rings. The summed E-state index contributed by atoms with van der Waals surface area (Å²) in [5, 5.41) is 10.3. The number of fused-ring (bicyclic) bond motifs is 1. The molecule has 1 N–H and O–H groups in total. The molecule has 1 aliphatic rings. The largest absolute Gasteiger partial charge is 0.505 e. The van der Waals surface area contributed by atoms with Crippen molar-refractivity contribution in [2.24, 2.45) is 7.05 Å². The first-order valence-corrected chi connectivity index (χ1v) is 9.52. The minimum Gasteiger partial charge on any atom is -0.505 e. The van der Waals surface area contributed by atoms with Crippen LogP contribution < -0.4 is 10.3 Å². The molecule has 0 aromatic carbocycles. The van der Waals surface area contributed by atoms with Crippen molar-refractivity contribution < 1.29 is 43.2 Å². The van der Waals surface area contributed by atoms with Gasteiger partial charge in [0.1, 0.15) is 11.1 Å². The second-order valence-corrected chi connectivity index (χ2v) is 7.10. The molecule has 2 aromatic rings. The van der Waals surface area contributed by atoms with E-state index < -0.39 is 53.8 Å². The van der Waals surface area contributed by atoms with Crippen LogP contribution in [0.15, 0.2) is 11.0 Å². The van der Waals surface area contributed by atoms with Gasteiger partial charge in [-0.15, -0.1) is 0 Å². The van der Waals surface area contributed by atoms with Crippen LogP contribution in [0.2, 0.25) is 0 Å². The van der Waals surface area contributed by atoms with E-state index in [1.165, 1.54) is 31.8 Å². The number of aromatic nitrogens is 3. The van der Waals surface area contributed by atoms with Crippen LogP contribution in [-0.4, -0.2) is 69.2 Å². The number of carbonyl (C=O) groups excluding carboxylic acids is 3. The van der Waals surface area contributed by atoms with Crippen molar-refractivity contribution in [3.63, 3.8) is 0 Å². The standard InChI is InChI=1S/C19H23N3O10/c1-8(23)30-12-7-29-18(15(32-10(3)25)14(12)31-9(2)24)22-6-11(26)13-16(22)20-19(28-5)21(4)17(13)27/h6,12,14-15,18,26H,7H2,1-5H3. The minimum absolute atomic E-state index is 0.0166. The van der Waals surface area contributed by atoms with E-state index in [4.69, 9.17) is 23.7 Å². The highest BCUT2D eigenvalue weighted by Crippen LogP contribution is 2.35. The van der Waals surface area contributed by atoms with E-state index in [2.05, 4.69) is 4.98 Å². The van der Waals surface area contributed by atoms with E-state index in [0.717, 1.165) is 18.4 Å². The first kappa shape index (κ1) is 23.1. The Morgan fingerprint density at radius 3 is 2.25 bits per heavy atom. The number of rotatable bonds is 5. The van der Waals surface area contributed by atoms with Crippen LogP contribution >= 0.6 is 0 Å². The summed E-state index contributed by atoms with van der Waals surface area (Å²) in [6, 6.07) is -0.0454. The van der Waals surface area contributed by atoms with Gasteiger partial charge in [-0.05, 0) is 0 Å². The zero-order valence-electron chi connectivity index (χ0n) is 18.1. The summed E-state index contributed by atoms with van der Waals surface area (Å²) in [7, 11) is 2.74. The molecule has 3 heterocycles. The Labute approximate surface area is 181 Å². The second-order valence-electron chi connectivity index (χ2n) is 7.10. The van der Waals surface area contributed by atoms with E-state index in [-0.39, 0.29) is 23.7 Å².